The van der Waals surface area contributed by atoms with Gasteiger partial charge in [0.1, 0.15) is 6.04 Å². The number of carbonyl (C=O) groups excluding carboxylic acids is 1. The fourth-order valence-corrected chi connectivity index (χ4v) is 3.01. The molecule has 25 heavy (non-hydrogen) atoms. The zero-order valence-corrected chi connectivity index (χ0v) is 13.2. The molecule has 3 aromatic rings. The third kappa shape index (κ3) is 2.74. The number of rotatable bonds is 4. The molecule has 0 spiro atoms. The quantitative estimate of drug-likeness (QED) is 0.682. The van der Waals surface area contributed by atoms with Crippen molar-refractivity contribution in [2.45, 2.75) is 12.1 Å². The van der Waals surface area contributed by atoms with E-state index in [1.807, 2.05) is 42.5 Å². The second-order valence-electron chi connectivity index (χ2n) is 5.74. The first kappa shape index (κ1) is 15.3. The summed E-state index contributed by atoms with van der Waals surface area (Å²) in [5.74, 6) is -0.621. The molecule has 1 aromatic heterocycles. The molecule has 1 aliphatic heterocycles. The zero-order valence-electron chi connectivity index (χ0n) is 13.2. The Morgan fingerprint density at radius 3 is 2.44 bits per heavy atom. The molecule has 0 unspecified atom stereocenters. The number of nitrogens with zero attached hydrogens (tertiary/aromatic N) is 2. The predicted octanol–water partition coefficient (Wildman–Crippen LogP) is 3.76. The van der Waals surface area contributed by atoms with Crippen molar-refractivity contribution in [2.24, 2.45) is 0 Å². The van der Waals surface area contributed by atoms with Gasteiger partial charge in [-0.1, -0.05) is 36.4 Å². The number of carbonyl (C=O) groups is 1. The number of hydrogen-bond acceptors (Lipinski definition) is 3. The number of β-lactam (4-membered cyclic amide) rings is 1. The van der Waals surface area contributed by atoms with Crippen molar-refractivity contribution in [1.29, 1.82) is 0 Å². The number of ether oxygens (including phenoxy) is 1. The average Bonchev–Trinajstić information content (AvgIpc) is 2.66. The molecule has 0 saturated carbocycles. The molecule has 1 aliphatic rings. The monoisotopic (exact) mass is 334 g/mol. The van der Waals surface area contributed by atoms with Crippen LogP contribution in [0.5, 0.6) is 5.75 Å². The smallest absolute Gasteiger partial charge is 0.271 e. The SMILES string of the molecule is O=C1[C@H](Oc2ccccc2F)[C@H](c2cccnc2)N1c1ccccc1. The fourth-order valence-electron chi connectivity index (χ4n) is 3.01. The van der Waals surface area contributed by atoms with Crippen LogP contribution in [0, 0.1) is 5.82 Å². The Kier molecular flexibility index (Phi) is 3.90. The number of anilines is 1. The third-order valence-electron chi connectivity index (χ3n) is 4.20. The minimum Gasteiger partial charge on any atom is -0.475 e. The lowest BCUT2D eigenvalue weighted by Crippen LogP contribution is -2.61. The summed E-state index contributed by atoms with van der Waals surface area (Å²) in [6.07, 6.45) is 2.58. The molecule has 0 aliphatic carbocycles. The zero-order chi connectivity index (χ0) is 17.2. The summed E-state index contributed by atoms with van der Waals surface area (Å²) < 4.78 is 19.6. The molecular formula is C20H15FN2O2. The van der Waals surface area contributed by atoms with Gasteiger partial charge in [-0.2, -0.15) is 0 Å². The Morgan fingerprint density at radius 2 is 1.72 bits per heavy atom. The van der Waals surface area contributed by atoms with Gasteiger partial charge in [0.05, 0.1) is 0 Å². The van der Waals surface area contributed by atoms with Crippen molar-refractivity contribution in [3.05, 3.63) is 90.5 Å². The summed E-state index contributed by atoms with van der Waals surface area (Å²) in [6.45, 7) is 0. The molecule has 4 rings (SSSR count). The number of halogens is 1. The summed E-state index contributed by atoms with van der Waals surface area (Å²) in [6, 6.07) is 18.8. The second kappa shape index (κ2) is 6.36. The van der Waals surface area contributed by atoms with Crippen molar-refractivity contribution in [3.63, 3.8) is 0 Å². The fraction of sp³-hybridized carbons (Fsp3) is 0.100. The molecule has 1 fully saturated rings. The Labute approximate surface area is 144 Å². The molecular weight excluding hydrogens is 319 g/mol. The Morgan fingerprint density at radius 1 is 0.960 bits per heavy atom. The van der Waals surface area contributed by atoms with Crippen LogP contribution >= 0.6 is 0 Å². The highest BCUT2D eigenvalue weighted by Crippen LogP contribution is 2.41. The van der Waals surface area contributed by atoms with Gasteiger partial charge in [0.15, 0.2) is 11.6 Å². The molecule has 0 N–H and O–H groups in total. The van der Waals surface area contributed by atoms with Crippen LogP contribution in [0.2, 0.25) is 0 Å². The molecule has 2 atom stereocenters. The van der Waals surface area contributed by atoms with Gasteiger partial charge in [-0.05, 0) is 35.9 Å². The van der Waals surface area contributed by atoms with Gasteiger partial charge >= 0.3 is 0 Å². The largest absolute Gasteiger partial charge is 0.475 e. The molecule has 1 saturated heterocycles. The lowest BCUT2D eigenvalue weighted by Gasteiger charge is -2.46. The standard InChI is InChI=1S/C20H15FN2O2/c21-16-10-4-5-11-17(16)25-19-18(14-7-6-12-22-13-14)23(20(19)24)15-8-2-1-3-9-15/h1-13,18-19H/t18-,19+/m0/s1. The number of hydrogen-bond donors (Lipinski definition) is 0. The molecule has 2 aromatic carbocycles. The first-order chi connectivity index (χ1) is 12.3. The molecule has 0 radical (unpaired) electrons. The maximum atomic E-state index is 13.9. The van der Waals surface area contributed by atoms with Crippen LogP contribution in [-0.4, -0.2) is 17.0 Å². The summed E-state index contributed by atoms with van der Waals surface area (Å²) in [4.78, 5) is 18.5. The van der Waals surface area contributed by atoms with E-state index in [0.29, 0.717) is 0 Å². The van der Waals surface area contributed by atoms with Crippen molar-refractivity contribution in [1.82, 2.24) is 4.98 Å². The lowest BCUT2D eigenvalue weighted by atomic mass is 9.90. The van der Waals surface area contributed by atoms with Gasteiger partial charge in [0, 0.05) is 18.1 Å². The van der Waals surface area contributed by atoms with Crippen LogP contribution in [0.25, 0.3) is 0 Å². The molecule has 4 nitrogen and oxygen atoms in total. The van der Waals surface area contributed by atoms with Gasteiger partial charge in [-0.25, -0.2) is 4.39 Å². The maximum absolute atomic E-state index is 13.9. The number of amides is 1. The van der Waals surface area contributed by atoms with E-state index in [2.05, 4.69) is 4.98 Å². The molecule has 5 heteroatoms. The van der Waals surface area contributed by atoms with E-state index in [0.717, 1.165) is 11.3 Å². The maximum Gasteiger partial charge on any atom is 0.271 e. The Hall–Kier alpha value is -3.21. The number of pyridine rings is 1. The average molecular weight is 334 g/mol. The molecule has 124 valence electrons. The van der Waals surface area contributed by atoms with Crippen LogP contribution in [0.4, 0.5) is 10.1 Å². The van der Waals surface area contributed by atoms with Gasteiger partial charge in [-0.15, -0.1) is 0 Å². The highest BCUT2D eigenvalue weighted by atomic mass is 19.1. The second-order valence-corrected chi connectivity index (χ2v) is 5.74. The first-order valence-electron chi connectivity index (χ1n) is 7.95. The highest BCUT2D eigenvalue weighted by Gasteiger charge is 2.51. The predicted molar refractivity (Wildman–Crippen MR) is 91.7 cm³/mol. The number of para-hydroxylation sites is 2. The van der Waals surface area contributed by atoms with E-state index in [-0.39, 0.29) is 17.7 Å². The van der Waals surface area contributed by atoms with Gasteiger partial charge in [0.25, 0.3) is 5.91 Å². The van der Waals surface area contributed by atoms with Crippen molar-refractivity contribution >= 4 is 11.6 Å². The minimum absolute atomic E-state index is 0.0717. The Balaban J connectivity index is 1.69. The van der Waals surface area contributed by atoms with E-state index in [1.54, 1.807) is 29.4 Å². The van der Waals surface area contributed by atoms with E-state index in [4.69, 9.17) is 4.74 Å². The van der Waals surface area contributed by atoms with E-state index < -0.39 is 11.9 Å². The normalized spacial score (nSPS) is 19.4. The summed E-state index contributed by atoms with van der Waals surface area (Å²) in [7, 11) is 0. The molecule has 2 heterocycles. The summed E-state index contributed by atoms with van der Waals surface area (Å²) in [5.41, 5.74) is 1.61. The van der Waals surface area contributed by atoms with E-state index in [9.17, 15) is 9.18 Å². The van der Waals surface area contributed by atoms with Crippen LogP contribution < -0.4 is 9.64 Å². The van der Waals surface area contributed by atoms with Crippen LogP contribution in [0.1, 0.15) is 11.6 Å². The lowest BCUT2D eigenvalue weighted by molar-refractivity contribution is -0.135. The van der Waals surface area contributed by atoms with Crippen LogP contribution in [0.3, 0.4) is 0 Å². The summed E-state index contributed by atoms with van der Waals surface area (Å²) >= 11 is 0. The van der Waals surface area contributed by atoms with Crippen molar-refractivity contribution in [2.75, 3.05) is 4.90 Å². The van der Waals surface area contributed by atoms with Gasteiger partial charge in [0.2, 0.25) is 6.10 Å². The highest BCUT2D eigenvalue weighted by molar-refractivity contribution is 6.05. The van der Waals surface area contributed by atoms with E-state index in [1.165, 1.54) is 12.1 Å². The van der Waals surface area contributed by atoms with E-state index >= 15 is 0 Å². The van der Waals surface area contributed by atoms with Crippen molar-refractivity contribution < 1.29 is 13.9 Å². The Bertz CT molecular complexity index is 886. The minimum atomic E-state index is -0.790. The van der Waals surface area contributed by atoms with Crippen LogP contribution in [-0.2, 0) is 4.79 Å². The molecule has 1 amide bonds. The first-order valence-corrected chi connectivity index (χ1v) is 7.95. The number of aromatic nitrogens is 1. The topological polar surface area (TPSA) is 42.4 Å². The summed E-state index contributed by atoms with van der Waals surface area (Å²) in [5, 5.41) is 0. The third-order valence-corrected chi connectivity index (χ3v) is 4.20. The number of benzene rings is 2. The van der Waals surface area contributed by atoms with Crippen molar-refractivity contribution in [3.8, 4) is 5.75 Å². The van der Waals surface area contributed by atoms with Gasteiger partial charge < -0.3 is 4.74 Å². The van der Waals surface area contributed by atoms with Crippen LogP contribution in [0.15, 0.2) is 79.1 Å². The van der Waals surface area contributed by atoms with Gasteiger partial charge in [-0.3, -0.25) is 14.7 Å². The molecule has 0 bridgehead atoms.